The first-order chi connectivity index (χ1) is 13.0. The highest BCUT2D eigenvalue weighted by atomic mass is 16.5. The topological polar surface area (TPSA) is 56.2 Å². The van der Waals surface area contributed by atoms with Crippen LogP contribution in [0.1, 0.15) is 43.3 Å². The molecule has 1 aromatic heterocycles. The Kier molecular flexibility index (Phi) is 5.79. The molecule has 0 fully saturated rings. The van der Waals surface area contributed by atoms with Crippen molar-refractivity contribution in [1.29, 1.82) is 0 Å². The number of fused-ring (bicyclic) bond motifs is 1. The van der Waals surface area contributed by atoms with E-state index in [1.54, 1.807) is 0 Å². The number of amides is 1. The molecule has 27 heavy (non-hydrogen) atoms. The molecule has 0 spiro atoms. The fourth-order valence-corrected chi connectivity index (χ4v) is 3.33. The second kappa shape index (κ2) is 8.25. The molecule has 0 saturated heterocycles. The van der Waals surface area contributed by atoms with Gasteiger partial charge in [0, 0.05) is 6.42 Å². The summed E-state index contributed by atoms with van der Waals surface area (Å²) in [5, 5.41) is 3.01. The summed E-state index contributed by atoms with van der Waals surface area (Å²) < 4.78 is 8.23. The van der Waals surface area contributed by atoms with Gasteiger partial charge in [-0.25, -0.2) is 4.98 Å². The van der Waals surface area contributed by atoms with Gasteiger partial charge in [-0.3, -0.25) is 4.79 Å². The number of carbonyl (C=O) groups is 1. The molecule has 0 aliphatic heterocycles. The average Bonchev–Trinajstić information content (AvgIpc) is 3.03. The maximum atomic E-state index is 11.8. The molecule has 3 aromatic rings. The van der Waals surface area contributed by atoms with E-state index in [9.17, 15) is 4.79 Å². The van der Waals surface area contributed by atoms with Crippen molar-refractivity contribution in [2.45, 2.75) is 46.7 Å². The maximum Gasteiger partial charge on any atom is 0.220 e. The normalized spacial score (nSPS) is 12.1. The summed E-state index contributed by atoms with van der Waals surface area (Å²) in [4.78, 5) is 16.6. The number of para-hydroxylation sites is 3. The molecule has 1 N–H and O–H groups in total. The maximum absolute atomic E-state index is 11.8. The second-order valence-electron chi connectivity index (χ2n) is 6.82. The fraction of sp³-hybridized carbons (Fsp3) is 0.364. The van der Waals surface area contributed by atoms with Crippen LogP contribution in [0.3, 0.4) is 0 Å². The minimum absolute atomic E-state index is 0.0212. The Balaban J connectivity index is 1.84. The lowest BCUT2D eigenvalue weighted by Crippen LogP contribution is -2.28. The Morgan fingerprint density at radius 1 is 1.15 bits per heavy atom. The summed E-state index contributed by atoms with van der Waals surface area (Å²) in [6, 6.07) is 14.0. The highest BCUT2D eigenvalue weighted by Gasteiger charge is 2.18. The second-order valence-corrected chi connectivity index (χ2v) is 6.82. The molecule has 142 valence electrons. The third kappa shape index (κ3) is 4.13. The standard InChI is InChI=1S/C22H27N3O2/c1-5-20(26)23-17(4)22-24-18-11-6-7-12-19(18)25(22)13-14-27-21-15(2)9-8-10-16(21)3/h6-12,17H,5,13-14H2,1-4H3,(H,23,26). The van der Waals surface area contributed by atoms with Gasteiger partial charge in [-0.1, -0.05) is 37.3 Å². The van der Waals surface area contributed by atoms with Gasteiger partial charge in [0.05, 0.1) is 23.6 Å². The van der Waals surface area contributed by atoms with Crippen LogP contribution in [0.4, 0.5) is 0 Å². The van der Waals surface area contributed by atoms with E-state index in [0.29, 0.717) is 19.6 Å². The summed E-state index contributed by atoms with van der Waals surface area (Å²) in [6.07, 6.45) is 0.459. The summed E-state index contributed by atoms with van der Waals surface area (Å²) in [6.45, 7) is 9.13. The number of nitrogens with one attached hydrogen (secondary N) is 1. The SMILES string of the molecule is CCC(=O)NC(C)c1nc2ccccc2n1CCOc1c(C)cccc1C. The van der Waals surface area contributed by atoms with E-state index in [1.807, 2.05) is 38.1 Å². The largest absolute Gasteiger partial charge is 0.491 e. The number of hydrogen-bond donors (Lipinski definition) is 1. The zero-order chi connectivity index (χ0) is 19.4. The smallest absolute Gasteiger partial charge is 0.220 e. The zero-order valence-electron chi connectivity index (χ0n) is 16.5. The van der Waals surface area contributed by atoms with Crippen LogP contribution in [0.15, 0.2) is 42.5 Å². The lowest BCUT2D eigenvalue weighted by molar-refractivity contribution is -0.121. The Morgan fingerprint density at radius 2 is 1.85 bits per heavy atom. The van der Waals surface area contributed by atoms with Gasteiger partial charge in [-0.2, -0.15) is 0 Å². The monoisotopic (exact) mass is 365 g/mol. The van der Waals surface area contributed by atoms with Gasteiger partial charge in [-0.15, -0.1) is 0 Å². The molecule has 1 atom stereocenters. The molecule has 5 nitrogen and oxygen atoms in total. The van der Waals surface area contributed by atoms with Gasteiger partial charge >= 0.3 is 0 Å². The summed E-state index contributed by atoms with van der Waals surface area (Å²) in [5.74, 6) is 1.81. The minimum Gasteiger partial charge on any atom is -0.491 e. The van der Waals surface area contributed by atoms with E-state index in [4.69, 9.17) is 9.72 Å². The molecule has 0 bridgehead atoms. The quantitative estimate of drug-likeness (QED) is 0.678. The molecule has 2 aromatic carbocycles. The lowest BCUT2D eigenvalue weighted by atomic mass is 10.1. The van der Waals surface area contributed by atoms with E-state index in [-0.39, 0.29) is 11.9 Å². The van der Waals surface area contributed by atoms with Crippen molar-refractivity contribution >= 4 is 16.9 Å². The minimum atomic E-state index is -0.162. The first-order valence-electron chi connectivity index (χ1n) is 9.44. The number of benzene rings is 2. The Labute approximate surface area is 160 Å². The Hall–Kier alpha value is -2.82. The van der Waals surface area contributed by atoms with Gasteiger partial charge in [0.15, 0.2) is 0 Å². The molecule has 1 heterocycles. The highest BCUT2D eigenvalue weighted by Crippen LogP contribution is 2.24. The first kappa shape index (κ1) is 19.0. The summed E-state index contributed by atoms with van der Waals surface area (Å²) >= 11 is 0. The van der Waals surface area contributed by atoms with E-state index >= 15 is 0 Å². The van der Waals surface area contributed by atoms with Crippen LogP contribution in [0.25, 0.3) is 11.0 Å². The summed E-state index contributed by atoms with van der Waals surface area (Å²) in [5.41, 5.74) is 4.25. The molecule has 3 rings (SSSR count). The number of nitrogens with zero attached hydrogens (tertiary/aromatic N) is 2. The molecular weight excluding hydrogens is 338 g/mol. The number of rotatable bonds is 7. The van der Waals surface area contributed by atoms with Crippen molar-refractivity contribution in [2.75, 3.05) is 6.61 Å². The van der Waals surface area contributed by atoms with E-state index in [0.717, 1.165) is 33.7 Å². The predicted molar refractivity (Wildman–Crippen MR) is 108 cm³/mol. The molecule has 0 saturated carbocycles. The van der Waals surface area contributed by atoms with Crippen molar-refractivity contribution in [3.63, 3.8) is 0 Å². The molecule has 0 aliphatic rings. The van der Waals surface area contributed by atoms with Gasteiger partial charge in [0.2, 0.25) is 5.91 Å². The Bertz CT molecular complexity index is 926. The van der Waals surface area contributed by atoms with Crippen molar-refractivity contribution in [3.8, 4) is 5.75 Å². The third-order valence-electron chi connectivity index (χ3n) is 4.74. The number of carbonyl (C=O) groups excluding carboxylic acids is 1. The van der Waals surface area contributed by atoms with Gasteiger partial charge in [0.25, 0.3) is 0 Å². The molecular formula is C22H27N3O2. The van der Waals surface area contributed by atoms with E-state index < -0.39 is 0 Å². The van der Waals surface area contributed by atoms with E-state index in [2.05, 4.69) is 41.9 Å². The van der Waals surface area contributed by atoms with E-state index in [1.165, 1.54) is 0 Å². The van der Waals surface area contributed by atoms with Crippen molar-refractivity contribution in [3.05, 3.63) is 59.4 Å². The number of hydrogen-bond acceptors (Lipinski definition) is 3. The van der Waals surface area contributed by atoms with Crippen LogP contribution >= 0.6 is 0 Å². The number of aromatic nitrogens is 2. The number of imidazole rings is 1. The molecule has 5 heteroatoms. The first-order valence-corrected chi connectivity index (χ1v) is 9.44. The molecule has 1 unspecified atom stereocenters. The predicted octanol–water partition coefficient (Wildman–Crippen LogP) is 4.32. The summed E-state index contributed by atoms with van der Waals surface area (Å²) in [7, 11) is 0. The van der Waals surface area contributed by atoms with Crippen LogP contribution in [-0.2, 0) is 11.3 Å². The van der Waals surface area contributed by atoms with Gasteiger partial charge in [-0.05, 0) is 44.0 Å². The van der Waals surface area contributed by atoms with Gasteiger partial charge < -0.3 is 14.6 Å². The van der Waals surface area contributed by atoms with Crippen LogP contribution in [0.2, 0.25) is 0 Å². The molecule has 1 amide bonds. The van der Waals surface area contributed by atoms with Crippen molar-refractivity contribution in [1.82, 2.24) is 14.9 Å². The van der Waals surface area contributed by atoms with Crippen LogP contribution in [0.5, 0.6) is 5.75 Å². The zero-order valence-corrected chi connectivity index (χ0v) is 16.5. The van der Waals surface area contributed by atoms with Crippen LogP contribution in [-0.4, -0.2) is 22.1 Å². The van der Waals surface area contributed by atoms with Crippen molar-refractivity contribution in [2.24, 2.45) is 0 Å². The third-order valence-corrected chi connectivity index (χ3v) is 4.74. The average molecular weight is 365 g/mol. The molecule has 0 aliphatic carbocycles. The van der Waals surface area contributed by atoms with Gasteiger partial charge in [0.1, 0.15) is 18.2 Å². The highest BCUT2D eigenvalue weighted by molar-refractivity contribution is 5.77. The number of aryl methyl sites for hydroxylation is 2. The Morgan fingerprint density at radius 3 is 2.56 bits per heavy atom. The van der Waals surface area contributed by atoms with Crippen LogP contribution in [0, 0.1) is 13.8 Å². The van der Waals surface area contributed by atoms with Crippen LogP contribution < -0.4 is 10.1 Å². The lowest BCUT2D eigenvalue weighted by Gasteiger charge is -2.17. The van der Waals surface area contributed by atoms with Crippen molar-refractivity contribution < 1.29 is 9.53 Å². The molecule has 0 radical (unpaired) electrons. The fourth-order valence-electron chi connectivity index (χ4n) is 3.33. The number of ether oxygens (including phenoxy) is 1.